The number of hydrogen-bond donors (Lipinski definition) is 1. The number of carbonyl (C=O) groups is 1. The van der Waals surface area contributed by atoms with Crippen LogP contribution in [-0.4, -0.2) is 27.1 Å². The Bertz CT molecular complexity index is 1070. The molecule has 0 saturated heterocycles. The second-order valence-corrected chi connectivity index (χ2v) is 8.84. The van der Waals surface area contributed by atoms with Crippen LogP contribution in [0.4, 0.5) is 5.69 Å². The molecule has 0 bridgehead atoms. The number of carbonyl (C=O) groups excluding carboxylic acids is 1. The van der Waals surface area contributed by atoms with Crippen molar-refractivity contribution in [1.29, 1.82) is 0 Å². The van der Waals surface area contributed by atoms with E-state index >= 15 is 0 Å². The van der Waals surface area contributed by atoms with Gasteiger partial charge in [0.25, 0.3) is 0 Å². The number of nitrogens with zero attached hydrogens (tertiary/aromatic N) is 1. The van der Waals surface area contributed by atoms with E-state index in [0.717, 1.165) is 27.3 Å². The molecule has 0 aliphatic heterocycles. The minimum absolute atomic E-state index is 0.294. The van der Waals surface area contributed by atoms with Crippen molar-refractivity contribution in [2.45, 2.75) is 13.0 Å². The number of benzene rings is 3. The number of para-hydroxylation sites is 1. The van der Waals surface area contributed by atoms with Crippen LogP contribution in [0.1, 0.15) is 22.7 Å². The predicted octanol–water partition coefficient (Wildman–Crippen LogP) is 3.67. The van der Waals surface area contributed by atoms with E-state index in [0.29, 0.717) is 5.69 Å². The van der Waals surface area contributed by atoms with Crippen LogP contribution < -0.4 is 9.62 Å². The minimum atomic E-state index is -3.61. The van der Waals surface area contributed by atoms with E-state index in [-0.39, 0.29) is 18.5 Å². The first-order chi connectivity index (χ1) is 13.8. The normalized spacial score (nSPS) is 12.2. The first kappa shape index (κ1) is 20.6. The van der Waals surface area contributed by atoms with Crippen LogP contribution in [0.25, 0.3) is 0 Å². The Kier molecular flexibility index (Phi) is 6.34. The summed E-state index contributed by atoms with van der Waals surface area (Å²) in [4.78, 5) is 12.9. The molecule has 1 amide bonds. The van der Waals surface area contributed by atoms with Gasteiger partial charge in [-0.2, -0.15) is 0 Å². The molecule has 0 radical (unpaired) electrons. The standard InChI is InChI=1S/C23H24N2O3S/c1-18-10-9-13-20(16-18)23(19-11-5-3-6-12-19)24-22(26)17-25(29(2,27)28)21-14-7-4-8-15-21/h3-16,23H,17H2,1-2H3,(H,24,26). The molecule has 3 aromatic rings. The predicted molar refractivity (Wildman–Crippen MR) is 116 cm³/mol. The molecule has 3 aromatic carbocycles. The Morgan fingerprint density at radius 2 is 1.48 bits per heavy atom. The van der Waals surface area contributed by atoms with Gasteiger partial charge >= 0.3 is 0 Å². The van der Waals surface area contributed by atoms with Gasteiger partial charge in [0, 0.05) is 0 Å². The average molecular weight is 409 g/mol. The van der Waals surface area contributed by atoms with Crippen LogP contribution in [0, 0.1) is 6.92 Å². The van der Waals surface area contributed by atoms with Crippen molar-refractivity contribution in [2.24, 2.45) is 0 Å². The van der Waals surface area contributed by atoms with Crippen molar-refractivity contribution < 1.29 is 13.2 Å². The van der Waals surface area contributed by atoms with Crippen molar-refractivity contribution in [3.63, 3.8) is 0 Å². The summed E-state index contributed by atoms with van der Waals surface area (Å²) in [6, 6.07) is 25.8. The van der Waals surface area contributed by atoms with Crippen molar-refractivity contribution in [1.82, 2.24) is 5.32 Å². The molecule has 0 aliphatic carbocycles. The van der Waals surface area contributed by atoms with Crippen LogP contribution in [-0.2, 0) is 14.8 Å². The number of aryl methyl sites for hydroxylation is 1. The van der Waals surface area contributed by atoms with E-state index in [4.69, 9.17) is 0 Å². The quantitative estimate of drug-likeness (QED) is 0.649. The van der Waals surface area contributed by atoms with Crippen LogP contribution in [0.5, 0.6) is 0 Å². The first-order valence-corrected chi connectivity index (χ1v) is 11.1. The summed E-state index contributed by atoms with van der Waals surface area (Å²) in [7, 11) is -3.61. The molecule has 1 unspecified atom stereocenters. The lowest BCUT2D eigenvalue weighted by molar-refractivity contribution is -0.120. The maximum absolute atomic E-state index is 12.9. The number of hydrogen-bond acceptors (Lipinski definition) is 3. The maximum atomic E-state index is 12.9. The smallest absolute Gasteiger partial charge is 0.241 e. The summed E-state index contributed by atoms with van der Waals surface area (Å²) in [6.45, 7) is 1.70. The summed E-state index contributed by atoms with van der Waals surface area (Å²) < 4.78 is 25.7. The number of sulfonamides is 1. The third-order valence-corrected chi connectivity index (χ3v) is 5.69. The van der Waals surface area contributed by atoms with Gasteiger partial charge in [0.2, 0.25) is 15.9 Å². The van der Waals surface area contributed by atoms with Gasteiger partial charge in [-0.05, 0) is 30.2 Å². The summed E-state index contributed by atoms with van der Waals surface area (Å²) in [5.41, 5.74) is 3.41. The Labute approximate surface area is 172 Å². The van der Waals surface area contributed by atoms with E-state index < -0.39 is 10.0 Å². The zero-order valence-corrected chi connectivity index (χ0v) is 17.3. The van der Waals surface area contributed by atoms with Crippen molar-refractivity contribution in [2.75, 3.05) is 17.1 Å². The summed E-state index contributed by atoms with van der Waals surface area (Å²) in [5.74, 6) is -0.380. The zero-order chi connectivity index (χ0) is 20.9. The SMILES string of the molecule is Cc1cccc(C(NC(=O)CN(c2ccccc2)S(C)(=O)=O)c2ccccc2)c1. The number of anilines is 1. The zero-order valence-electron chi connectivity index (χ0n) is 16.4. The molecule has 150 valence electrons. The topological polar surface area (TPSA) is 66.5 Å². The van der Waals surface area contributed by atoms with Gasteiger partial charge in [-0.15, -0.1) is 0 Å². The highest BCUT2D eigenvalue weighted by Crippen LogP contribution is 2.23. The molecule has 1 atom stereocenters. The van der Waals surface area contributed by atoms with Crippen LogP contribution in [0.3, 0.4) is 0 Å². The third-order valence-electron chi connectivity index (χ3n) is 4.55. The van der Waals surface area contributed by atoms with Crippen LogP contribution in [0.15, 0.2) is 84.9 Å². The molecule has 0 spiro atoms. The molecule has 0 fully saturated rings. The second-order valence-electron chi connectivity index (χ2n) is 6.93. The molecule has 6 heteroatoms. The summed E-state index contributed by atoms with van der Waals surface area (Å²) in [6.07, 6.45) is 1.10. The lowest BCUT2D eigenvalue weighted by Gasteiger charge is -2.25. The molecular weight excluding hydrogens is 384 g/mol. The molecule has 3 rings (SSSR count). The van der Waals surface area contributed by atoms with E-state index in [1.807, 2.05) is 61.5 Å². The lowest BCUT2D eigenvalue weighted by Crippen LogP contribution is -2.41. The molecule has 0 aromatic heterocycles. The average Bonchev–Trinajstić information content (AvgIpc) is 2.71. The number of rotatable bonds is 7. The van der Waals surface area contributed by atoms with E-state index in [9.17, 15) is 13.2 Å². The molecule has 29 heavy (non-hydrogen) atoms. The fourth-order valence-electron chi connectivity index (χ4n) is 3.19. The second kappa shape index (κ2) is 8.92. The fraction of sp³-hybridized carbons (Fsp3) is 0.174. The van der Waals surface area contributed by atoms with E-state index in [2.05, 4.69) is 5.32 Å². The maximum Gasteiger partial charge on any atom is 0.241 e. The van der Waals surface area contributed by atoms with Crippen molar-refractivity contribution in [3.05, 3.63) is 102 Å². The molecule has 0 saturated carbocycles. The number of nitrogens with one attached hydrogen (secondary N) is 1. The van der Waals surface area contributed by atoms with Gasteiger partial charge in [0.1, 0.15) is 6.54 Å². The van der Waals surface area contributed by atoms with Gasteiger partial charge in [-0.1, -0.05) is 78.4 Å². The Morgan fingerprint density at radius 3 is 2.07 bits per heavy atom. The third kappa shape index (κ3) is 5.45. The largest absolute Gasteiger partial charge is 0.344 e. The van der Waals surface area contributed by atoms with Crippen molar-refractivity contribution >= 4 is 21.6 Å². The Balaban J connectivity index is 1.88. The van der Waals surface area contributed by atoms with E-state index in [1.165, 1.54) is 0 Å². The van der Waals surface area contributed by atoms with Crippen molar-refractivity contribution in [3.8, 4) is 0 Å². The van der Waals surface area contributed by atoms with Gasteiger partial charge in [0.15, 0.2) is 0 Å². The summed E-state index contributed by atoms with van der Waals surface area (Å²) in [5, 5.41) is 3.00. The van der Waals surface area contributed by atoms with Crippen LogP contribution >= 0.6 is 0 Å². The molecule has 5 nitrogen and oxygen atoms in total. The fourth-order valence-corrected chi connectivity index (χ4v) is 4.04. The Morgan fingerprint density at radius 1 is 0.897 bits per heavy atom. The number of amides is 1. The molecule has 0 aliphatic rings. The summed E-state index contributed by atoms with van der Waals surface area (Å²) >= 11 is 0. The van der Waals surface area contributed by atoms with Crippen LogP contribution in [0.2, 0.25) is 0 Å². The Hall–Kier alpha value is -3.12. The lowest BCUT2D eigenvalue weighted by atomic mass is 9.97. The molecule has 0 heterocycles. The highest BCUT2D eigenvalue weighted by atomic mass is 32.2. The highest BCUT2D eigenvalue weighted by molar-refractivity contribution is 7.92. The minimum Gasteiger partial charge on any atom is -0.344 e. The van der Waals surface area contributed by atoms with Gasteiger partial charge in [-0.25, -0.2) is 8.42 Å². The molecule has 1 N–H and O–H groups in total. The first-order valence-electron chi connectivity index (χ1n) is 9.28. The molecular formula is C23H24N2O3S. The van der Waals surface area contributed by atoms with E-state index in [1.54, 1.807) is 30.3 Å². The monoisotopic (exact) mass is 408 g/mol. The van der Waals surface area contributed by atoms with Gasteiger partial charge in [0.05, 0.1) is 18.0 Å². The van der Waals surface area contributed by atoms with Gasteiger partial charge in [-0.3, -0.25) is 9.10 Å². The highest BCUT2D eigenvalue weighted by Gasteiger charge is 2.23. The van der Waals surface area contributed by atoms with Gasteiger partial charge < -0.3 is 5.32 Å².